The molecule has 0 aliphatic heterocycles. The van der Waals surface area contributed by atoms with E-state index < -0.39 is 0 Å². The van der Waals surface area contributed by atoms with Gasteiger partial charge in [-0.3, -0.25) is 4.79 Å². The van der Waals surface area contributed by atoms with Crippen LogP contribution in [-0.2, 0) is 4.79 Å². The van der Waals surface area contributed by atoms with E-state index in [1.807, 2.05) is 11.8 Å². The Balaban J connectivity index is 2.15. The van der Waals surface area contributed by atoms with E-state index in [0.717, 1.165) is 24.5 Å². The Labute approximate surface area is 102 Å². The van der Waals surface area contributed by atoms with Gasteiger partial charge in [0.25, 0.3) is 0 Å². The van der Waals surface area contributed by atoms with E-state index in [4.69, 9.17) is 11.6 Å². The van der Waals surface area contributed by atoms with Gasteiger partial charge in [-0.2, -0.15) is 11.8 Å². The van der Waals surface area contributed by atoms with E-state index in [1.165, 1.54) is 12.2 Å². The third kappa shape index (κ3) is 5.12. The van der Waals surface area contributed by atoms with Crippen LogP contribution in [0, 0.1) is 0 Å². The molecular formula is C11H20ClNOS. The molecule has 0 bridgehead atoms. The van der Waals surface area contributed by atoms with Gasteiger partial charge in [-0.1, -0.05) is 6.92 Å². The number of nitrogens with one attached hydrogen (secondary N) is 1. The normalized spacial score (nSPS) is 25.5. The van der Waals surface area contributed by atoms with Crippen molar-refractivity contribution < 1.29 is 4.79 Å². The van der Waals surface area contributed by atoms with Gasteiger partial charge in [-0.05, 0) is 31.4 Å². The summed E-state index contributed by atoms with van der Waals surface area (Å²) in [6.45, 7) is 2.19. The van der Waals surface area contributed by atoms with Gasteiger partial charge in [-0.25, -0.2) is 0 Å². The second kappa shape index (κ2) is 7.39. The monoisotopic (exact) mass is 249 g/mol. The molecule has 0 spiro atoms. The summed E-state index contributed by atoms with van der Waals surface area (Å²) in [5.41, 5.74) is 0. The predicted molar refractivity (Wildman–Crippen MR) is 67.7 cm³/mol. The van der Waals surface area contributed by atoms with Crippen LogP contribution in [0.1, 0.15) is 39.0 Å². The van der Waals surface area contributed by atoms with Crippen molar-refractivity contribution >= 4 is 29.3 Å². The minimum Gasteiger partial charge on any atom is -0.353 e. The Hall–Kier alpha value is 0.110. The lowest BCUT2D eigenvalue weighted by molar-refractivity contribution is -0.121. The van der Waals surface area contributed by atoms with Crippen LogP contribution in [0.3, 0.4) is 0 Å². The van der Waals surface area contributed by atoms with Gasteiger partial charge in [0.2, 0.25) is 5.91 Å². The summed E-state index contributed by atoms with van der Waals surface area (Å²) in [7, 11) is 0. The van der Waals surface area contributed by atoms with Crippen LogP contribution in [0.2, 0.25) is 0 Å². The van der Waals surface area contributed by atoms with Gasteiger partial charge in [0.15, 0.2) is 0 Å². The number of thioether (sulfide) groups is 1. The minimum atomic E-state index is 0.169. The average molecular weight is 250 g/mol. The summed E-state index contributed by atoms with van der Waals surface area (Å²) in [4.78, 5) is 11.4. The molecule has 1 aliphatic carbocycles. The van der Waals surface area contributed by atoms with Crippen LogP contribution in [-0.4, -0.2) is 28.8 Å². The van der Waals surface area contributed by atoms with Gasteiger partial charge in [0, 0.05) is 23.6 Å². The molecule has 2 unspecified atom stereocenters. The molecule has 1 saturated carbocycles. The third-order valence-corrected chi connectivity index (χ3v) is 4.19. The fraction of sp³-hybridized carbons (Fsp3) is 0.909. The van der Waals surface area contributed by atoms with Gasteiger partial charge >= 0.3 is 0 Å². The molecule has 88 valence electrons. The molecule has 4 heteroatoms. The summed E-state index contributed by atoms with van der Waals surface area (Å²) < 4.78 is 0. The van der Waals surface area contributed by atoms with Crippen LogP contribution < -0.4 is 5.32 Å². The molecule has 0 aromatic heterocycles. The molecule has 1 amide bonds. The van der Waals surface area contributed by atoms with Gasteiger partial charge in [-0.15, -0.1) is 11.6 Å². The summed E-state index contributed by atoms with van der Waals surface area (Å²) in [6.07, 6.45) is 4.90. The second-order valence-corrected chi connectivity index (χ2v) is 5.90. The Bertz CT molecular complexity index is 201. The van der Waals surface area contributed by atoms with Crippen LogP contribution >= 0.6 is 23.4 Å². The maximum absolute atomic E-state index is 11.4. The number of halogens is 1. The molecule has 15 heavy (non-hydrogen) atoms. The number of carbonyl (C=O) groups excluding carboxylic acids is 1. The standard InChI is InChI=1S/C11H20ClNOS/c1-2-15-10-6-5-9(8-10)13-11(14)4-3-7-12/h9-10H,2-8H2,1H3,(H,13,14). The van der Waals surface area contributed by atoms with Crippen molar-refractivity contribution in [2.24, 2.45) is 0 Å². The fourth-order valence-corrected chi connectivity index (χ4v) is 3.26. The minimum absolute atomic E-state index is 0.169. The molecule has 0 radical (unpaired) electrons. The van der Waals surface area contributed by atoms with Gasteiger partial charge in [0.1, 0.15) is 0 Å². The first kappa shape index (κ1) is 13.2. The molecule has 2 atom stereocenters. The van der Waals surface area contributed by atoms with Crippen molar-refractivity contribution in [1.82, 2.24) is 5.32 Å². The van der Waals surface area contributed by atoms with Crippen LogP contribution in [0.5, 0.6) is 0 Å². The molecule has 0 aromatic carbocycles. The lowest BCUT2D eigenvalue weighted by Gasteiger charge is -2.12. The Kier molecular flexibility index (Phi) is 6.50. The molecule has 1 fully saturated rings. The maximum atomic E-state index is 11.4. The zero-order valence-electron chi connectivity index (χ0n) is 9.30. The largest absolute Gasteiger partial charge is 0.353 e. The van der Waals surface area contributed by atoms with E-state index >= 15 is 0 Å². The summed E-state index contributed by atoms with van der Waals surface area (Å²) >= 11 is 7.56. The molecule has 0 heterocycles. The zero-order chi connectivity index (χ0) is 11.1. The smallest absolute Gasteiger partial charge is 0.220 e. The van der Waals surface area contributed by atoms with E-state index in [9.17, 15) is 4.79 Å². The summed E-state index contributed by atoms with van der Waals surface area (Å²) in [6, 6.07) is 0.414. The predicted octanol–water partition coefficient (Wildman–Crippen LogP) is 2.80. The molecule has 1 aliphatic rings. The number of rotatable bonds is 6. The van der Waals surface area contributed by atoms with Crippen LogP contribution in [0.4, 0.5) is 0 Å². The maximum Gasteiger partial charge on any atom is 0.220 e. The quantitative estimate of drug-likeness (QED) is 0.734. The SMILES string of the molecule is CCSC1CCC(NC(=O)CCCCl)C1. The number of hydrogen-bond donors (Lipinski definition) is 1. The molecule has 1 N–H and O–H groups in total. The fourth-order valence-electron chi connectivity index (χ4n) is 1.99. The summed E-state index contributed by atoms with van der Waals surface area (Å²) in [5.74, 6) is 1.92. The van der Waals surface area contributed by atoms with E-state index in [0.29, 0.717) is 18.3 Å². The Morgan fingerprint density at radius 2 is 2.33 bits per heavy atom. The Morgan fingerprint density at radius 1 is 1.53 bits per heavy atom. The van der Waals surface area contributed by atoms with Crippen LogP contribution in [0.25, 0.3) is 0 Å². The summed E-state index contributed by atoms with van der Waals surface area (Å²) in [5, 5.41) is 3.85. The first-order chi connectivity index (χ1) is 7.26. The second-order valence-electron chi connectivity index (χ2n) is 3.95. The van der Waals surface area contributed by atoms with Crippen molar-refractivity contribution in [3.63, 3.8) is 0 Å². The van der Waals surface area contributed by atoms with Crippen molar-refractivity contribution in [3.05, 3.63) is 0 Å². The molecule has 2 nitrogen and oxygen atoms in total. The highest BCUT2D eigenvalue weighted by molar-refractivity contribution is 7.99. The van der Waals surface area contributed by atoms with E-state index in [1.54, 1.807) is 0 Å². The topological polar surface area (TPSA) is 29.1 Å². The van der Waals surface area contributed by atoms with Gasteiger partial charge < -0.3 is 5.32 Å². The lowest BCUT2D eigenvalue weighted by atomic mass is 10.2. The van der Waals surface area contributed by atoms with Gasteiger partial charge in [0.05, 0.1) is 0 Å². The molecule has 1 rings (SSSR count). The third-order valence-electron chi connectivity index (χ3n) is 2.69. The number of hydrogen-bond acceptors (Lipinski definition) is 2. The zero-order valence-corrected chi connectivity index (χ0v) is 10.9. The van der Waals surface area contributed by atoms with Crippen molar-refractivity contribution in [1.29, 1.82) is 0 Å². The van der Waals surface area contributed by atoms with E-state index in [2.05, 4.69) is 12.2 Å². The van der Waals surface area contributed by atoms with Crippen molar-refractivity contribution in [3.8, 4) is 0 Å². The lowest BCUT2D eigenvalue weighted by Crippen LogP contribution is -2.32. The first-order valence-electron chi connectivity index (χ1n) is 5.73. The average Bonchev–Trinajstić information content (AvgIpc) is 2.63. The van der Waals surface area contributed by atoms with Crippen molar-refractivity contribution in [2.45, 2.75) is 50.3 Å². The highest BCUT2D eigenvalue weighted by Gasteiger charge is 2.25. The first-order valence-corrected chi connectivity index (χ1v) is 7.31. The molecule has 0 saturated heterocycles. The van der Waals surface area contributed by atoms with Crippen LogP contribution in [0.15, 0.2) is 0 Å². The highest BCUT2D eigenvalue weighted by atomic mass is 35.5. The molecular weight excluding hydrogens is 230 g/mol. The van der Waals surface area contributed by atoms with E-state index in [-0.39, 0.29) is 5.91 Å². The highest BCUT2D eigenvalue weighted by Crippen LogP contribution is 2.29. The number of carbonyl (C=O) groups is 1. The molecule has 0 aromatic rings. The number of alkyl halides is 1. The Morgan fingerprint density at radius 3 is 3.00 bits per heavy atom. The van der Waals surface area contributed by atoms with Crippen molar-refractivity contribution in [2.75, 3.05) is 11.6 Å². The number of amides is 1.